The standard InChI is InChI=1S/C8H8O3S.Ho/c1-2-11-12(9,10)8-6-4-3-5-7-8;/h2-7H,1H2;. The van der Waals surface area contributed by atoms with Crippen LogP contribution in [0, 0.1) is 37.7 Å². The Morgan fingerprint density at radius 3 is 2.23 bits per heavy atom. The second kappa shape index (κ2) is 5.65. The van der Waals surface area contributed by atoms with Crippen LogP contribution in [0.15, 0.2) is 48.1 Å². The van der Waals surface area contributed by atoms with Crippen LogP contribution < -0.4 is 0 Å². The molecule has 1 rings (SSSR count). The number of hydrogen-bond acceptors (Lipinski definition) is 3. The van der Waals surface area contributed by atoms with Crippen LogP contribution in [0.5, 0.6) is 0 Å². The molecule has 0 fully saturated rings. The fourth-order valence-electron chi connectivity index (χ4n) is 0.732. The van der Waals surface area contributed by atoms with E-state index in [-0.39, 0.29) is 42.6 Å². The zero-order valence-corrected chi connectivity index (χ0v) is 9.36. The zero-order chi connectivity index (χ0) is 9.03. The Morgan fingerprint density at radius 2 is 1.77 bits per heavy atom. The average molecular weight is 349 g/mol. The van der Waals surface area contributed by atoms with E-state index in [4.69, 9.17) is 0 Å². The summed E-state index contributed by atoms with van der Waals surface area (Å²) < 4.78 is 26.6. The van der Waals surface area contributed by atoms with E-state index in [2.05, 4.69) is 10.8 Å². The van der Waals surface area contributed by atoms with Crippen molar-refractivity contribution in [2.24, 2.45) is 0 Å². The fraction of sp³-hybridized carbons (Fsp3) is 0. The molecule has 0 aliphatic heterocycles. The summed E-state index contributed by atoms with van der Waals surface area (Å²) in [6.07, 6.45) is 0.891. The van der Waals surface area contributed by atoms with Gasteiger partial charge in [-0.15, -0.1) is 0 Å². The molecule has 1 aromatic rings. The molecule has 0 amide bonds. The van der Waals surface area contributed by atoms with E-state index >= 15 is 0 Å². The predicted octanol–water partition coefficient (Wildman–Crippen LogP) is 1.54. The summed E-state index contributed by atoms with van der Waals surface area (Å²) >= 11 is 0. The Labute approximate surface area is 108 Å². The van der Waals surface area contributed by atoms with Crippen LogP contribution in [0.3, 0.4) is 0 Å². The molecule has 0 aliphatic carbocycles. The van der Waals surface area contributed by atoms with Gasteiger partial charge in [0.2, 0.25) is 0 Å². The van der Waals surface area contributed by atoms with E-state index in [0.29, 0.717) is 0 Å². The van der Waals surface area contributed by atoms with Crippen molar-refractivity contribution in [1.29, 1.82) is 0 Å². The summed E-state index contributed by atoms with van der Waals surface area (Å²) in [6.45, 7) is 3.17. The molecule has 0 N–H and O–H groups in total. The van der Waals surface area contributed by atoms with E-state index < -0.39 is 10.1 Å². The quantitative estimate of drug-likeness (QED) is 0.472. The summed E-state index contributed by atoms with van der Waals surface area (Å²) in [7, 11) is -3.63. The monoisotopic (exact) mass is 349 g/mol. The molecule has 0 heterocycles. The molecule has 0 saturated carbocycles. The van der Waals surface area contributed by atoms with Crippen molar-refractivity contribution in [1.82, 2.24) is 0 Å². The van der Waals surface area contributed by atoms with Crippen LogP contribution in [0.4, 0.5) is 0 Å². The van der Waals surface area contributed by atoms with Crippen molar-refractivity contribution in [2.75, 3.05) is 0 Å². The maximum atomic E-state index is 11.1. The first-order valence-corrected chi connectivity index (χ1v) is 4.67. The smallest absolute Gasteiger partial charge is 0.338 e. The van der Waals surface area contributed by atoms with Gasteiger partial charge in [0, 0.05) is 37.7 Å². The van der Waals surface area contributed by atoms with Crippen LogP contribution in [-0.2, 0) is 14.3 Å². The van der Waals surface area contributed by atoms with Crippen LogP contribution in [0.25, 0.3) is 0 Å². The van der Waals surface area contributed by atoms with Crippen molar-refractivity contribution in [3.05, 3.63) is 43.2 Å². The van der Waals surface area contributed by atoms with Gasteiger partial charge in [0.15, 0.2) is 0 Å². The van der Waals surface area contributed by atoms with Crippen molar-refractivity contribution in [2.45, 2.75) is 4.90 Å². The molecule has 1 radical (unpaired) electrons. The third kappa shape index (κ3) is 3.68. The van der Waals surface area contributed by atoms with Gasteiger partial charge in [-0.25, -0.2) is 0 Å². The van der Waals surface area contributed by atoms with E-state index in [1.165, 1.54) is 12.1 Å². The maximum Gasteiger partial charge on any atom is 0.338 e. The minimum atomic E-state index is -3.63. The van der Waals surface area contributed by atoms with Gasteiger partial charge in [-0.05, 0) is 12.1 Å². The van der Waals surface area contributed by atoms with Crippen molar-refractivity contribution >= 4 is 10.1 Å². The Morgan fingerprint density at radius 1 is 1.23 bits per heavy atom. The topological polar surface area (TPSA) is 43.4 Å². The summed E-state index contributed by atoms with van der Waals surface area (Å²) in [5.74, 6) is 0. The Bertz CT molecular complexity index is 358. The van der Waals surface area contributed by atoms with Gasteiger partial charge in [-0.3, -0.25) is 0 Å². The van der Waals surface area contributed by atoms with Crippen LogP contribution in [0.1, 0.15) is 0 Å². The minimum Gasteiger partial charge on any atom is -0.388 e. The molecule has 75 valence electrons. The molecule has 0 aromatic heterocycles. The van der Waals surface area contributed by atoms with Gasteiger partial charge in [-0.1, -0.05) is 24.8 Å². The summed E-state index contributed by atoms with van der Waals surface area (Å²) in [5.41, 5.74) is 0. The first-order chi connectivity index (χ1) is 5.67. The second-order valence-electron chi connectivity index (χ2n) is 2.03. The summed E-state index contributed by atoms with van der Waals surface area (Å²) in [6, 6.07) is 7.89. The predicted molar refractivity (Wildman–Crippen MR) is 44.9 cm³/mol. The average Bonchev–Trinajstić information content (AvgIpc) is 2.06. The van der Waals surface area contributed by atoms with Crippen molar-refractivity contribution < 1.29 is 50.3 Å². The zero-order valence-electron chi connectivity index (χ0n) is 6.61. The summed E-state index contributed by atoms with van der Waals surface area (Å²) in [4.78, 5) is 0.130. The third-order valence-corrected chi connectivity index (χ3v) is 2.47. The third-order valence-electron chi connectivity index (χ3n) is 1.23. The molecule has 13 heavy (non-hydrogen) atoms. The molecular weight excluding hydrogens is 341 g/mol. The van der Waals surface area contributed by atoms with Gasteiger partial charge in [0.1, 0.15) is 4.90 Å². The van der Waals surface area contributed by atoms with Crippen LogP contribution >= 0.6 is 0 Å². The maximum absolute atomic E-state index is 11.1. The van der Waals surface area contributed by atoms with E-state index in [1.807, 2.05) is 0 Å². The normalized spacial score (nSPS) is 9.85. The Balaban J connectivity index is 0.00000144. The van der Waals surface area contributed by atoms with Crippen molar-refractivity contribution in [3.63, 3.8) is 0 Å². The Kier molecular flexibility index (Phi) is 5.63. The molecule has 0 bridgehead atoms. The van der Waals surface area contributed by atoms with Gasteiger partial charge in [-0.2, -0.15) is 8.42 Å². The van der Waals surface area contributed by atoms with Gasteiger partial charge < -0.3 is 4.18 Å². The number of rotatable bonds is 3. The molecular formula is C8H8HoO3S. The molecule has 3 nitrogen and oxygen atoms in total. The second-order valence-corrected chi connectivity index (χ2v) is 3.60. The van der Waals surface area contributed by atoms with E-state index in [0.717, 1.165) is 6.26 Å². The molecule has 0 atom stereocenters. The SMILES string of the molecule is C=COS(=O)(=O)c1ccccc1.[Ho]. The first kappa shape index (κ1) is 13.0. The number of benzene rings is 1. The summed E-state index contributed by atoms with van der Waals surface area (Å²) in [5, 5.41) is 0. The first-order valence-electron chi connectivity index (χ1n) is 3.26. The largest absolute Gasteiger partial charge is 0.388 e. The molecule has 0 aliphatic rings. The van der Waals surface area contributed by atoms with Crippen molar-refractivity contribution in [3.8, 4) is 0 Å². The van der Waals surface area contributed by atoms with E-state index in [1.54, 1.807) is 18.2 Å². The molecule has 0 spiro atoms. The molecule has 5 heteroatoms. The molecule has 1 aromatic carbocycles. The number of hydrogen-bond donors (Lipinski definition) is 0. The molecule has 0 saturated heterocycles. The Hall–Kier alpha value is -0.0303. The fourth-order valence-corrected chi connectivity index (χ4v) is 1.51. The van der Waals surface area contributed by atoms with Gasteiger partial charge >= 0.3 is 10.1 Å². The minimum absolute atomic E-state index is 0. The van der Waals surface area contributed by atoms with Gasteiger partial charge in [0.05, 0.1) is 6.26 Å². The van der Waals surface area contributed by atoms with E-state index in [9.17, 15) is 8.42 Å². The van der Waals surface area contributed by atoms with Crippen LogP contribution in [-0.4, -0.2) is 8.42 Å². The van der Waals surface area contributed by atoms with Gasteiger partial charge in [0.25, 0.3) is 0 Å². The van der Waals surface area contributed by atoms with Crippen LogP contribution in [0.2, 0.25) is 0 Å². The molecule has 0 unspecified atom stereocenters.